The van der Waals surface area contributed by atoms with Crippen LogP contribution < -0.4 is 24.8 Å². The van der Waals surface area contributed by atoms with E-state index in [0.717, 1.165) is 0 Å². The van der Waals surface area contributed by atoms with Crippen LogP contribution in [0, 0.1) is 0 Å². The van der Waals surface area contributed by atoms with Gasteiger partial charge in [0.15, 0.2) is 0 Å². The van der Waals surface area contributed by atoms with Crippen LogP contribution >= 0.6 is 0 Å². The van der Waals surface area contributed by atoms with E-state index in [4.69, 9.17) is 0 Å². The largest absolute Gasteiger partial charge is 3.00 e. The molecule has 0 amide bonds. The van der Waals surface area contributed by atoms with Gasteiger partial charge >= 0.3 is 26.2 Å². The van der Waals surface area contributed by atoms with Gasteiger partial charge in [-0.2, -0.15) is 6.07 Å². The van der Waals surface area contributed by atoms with Crippen molar-refractivity contribution in [3.05, 3.63) is 78.4 Å². The monoisotopic (exact) mass is 443 g/mol. The van der Waals surface area contributed by atoms with Gasteiger partial charge in [0.25, 0.3) is 0 Å². The Morgan fingerprint density at radius 2 is 1.32 bits per heavy atom. The summed E-state index contributed by atoms with van der Waals surface area (Å²) in [5, 5.41) is 5.33. The summed E-state index contributed by atoms with van der Waals surface area (Å²) in [5.74, 6) is 0.563. The molecule has 0 nitrogen and oxygen atoms in total. The minimum atomic E-state index is 0. The Bertz CT molecular complexity index is 965. The normalized spacial score (nSPS) is 10.2. The molecular formula is C22H19Cl2Zr. The van der Waals surface area contributed by atoms with Crippen molar-refractivity contribution >= 4 is 21.5 Å². The van der Waals surface area contributed by atoms with Crippen LogP contribution in [-0.4, -0.2) is 0 Å². The zero-order valence-corrected chi connectivity index (χ0v) is 18.2. The van der Waals surface area contributed by atoms with Crippen LogP contribution in [0.3, 0.4) is 0 Å². The molecule has 0 unspecified atom stereocenters. The summed E-state index contributed by atoms with van der Waals surface area (Å²) in [4.78, 5) is 0. The Kier molecular flexibility index (Phi) is 8.01. The smallest absolute Gasteiger partial charge is 1.00 e. The van der Waals surface area contributed by atoms with E-state index in [1.807, 2.05) is 0 Å². The molecule has 25 heavy (non-hydrogen) atoms. The number of hydrogen-bond donors (Lipinski definition) is 0. The second kappa shape index (κ2) is 9.08. The van der Waals surface area contributed by atoms with E-state index in [-0.39, 0.29) is 51.0 Å². The molecule has 4 rings (SSSR count). The second-order valence-corrected chi connectivity index (χ2v) is 6.28. The van der Waals surface area contributed by atoms with Crippen LogP contribution in [-0.2, 0) is 26.2 Å². The molecule has 125 valence electrons. The number of rotatable bonds is 2. The van der Waals surface area contributed by atoms with Crippen molar-refractivity contribution in [1.29, 1.82) is 0 Å². The van der Waals surface area contributed by atoms with Gasteiger partial charge in [-0.15, -0.1) is 34.5 Å². The van der Waals surface area contributed by atoms with Crippen molar-refractivity contribution in [2.45, 2.75) is 19.8 Å². The number of fused-ring (bicyclic) bond motifs is 2. The summed E-state index contributed by atoms with van der Waals surface area (Å²) < 4.78 is 0. The van der Waals surface area contributed by atoms with E-state index in [0.29, 0.717) is 5.92 Å². The van der Waals surface area contributed by atoms with Gasteiger partial charge in [-0.25, -0.2) is 0 Å². The van der Waals surface area contributed by atoms with E-state index in [1.54, 1.807) is 0 Å². The van der Waals surface area contributed by atoms with E-state index in [2.05, 4.69) is 86.6 Å². The third kappa shape index (κ3) is 4.05. The van der Waals surface area contributed by atoms with Gasteiger partial charge in [0.1, 0.15) is 0 Å². The van der Waals surface area contributed by atoms with E-state index in [9.17, 15) is 0 Å². The first-order valence-corrected chi connectivity index (χ1v) is 7.91. The molecule has 0 aromatic heterocycles. The van der Waals surface area contributed by atoms with Crippen molar-refractivity contribution in [2.24, 2.45) is 0 Å². The van der Waals surface area contributed by atoms with E-state index in [1.165, 1.54) is 38.2 Å². The molecule has 4 aromatic rings. The Hall–Kier alpha value is -1.01. The molecule has 0 atom stereocenters. The van der Waals surface area contributed by atoms with Gasteiger partial charge in [-0.3, -0.25) is 0 Å². The van der Waals surface area contributed by atoms with Gasteiger partial charge in [0.2, 0.25) is 0 Å². The quantitative estimate of drug-likeness (QED) is 0.395. The molecule has 0 fully saturated rings. The average molecular weight is 446 g/mol. The van der Waals surface area contributed by atoms with E-state index < -0.39 is 0 Å². The molecule has 0 saturated heterocycles. The van der Waals surface area contributed by atoms with Crippen LogP contribution in [0.15, 0.2) is 72.8 Å². The molecule has 0 saturated carbocycles. The molecule has 0 N–H and O–H groups in total. The molecule has 0 spiro atoms. The Balaban J connectivity index is 0.00000104. The van der Waals surface area contributed by atoms with Crippen LogP contribution in [0.2, 0.25) is 0 Å². The van der Waals surface area contributed by atoms with E-state index >= 15 is 0 Å². The predicted octanol–water partition coefficient (Wildman–Crippen LogP) is 0.508. The van der Waals surface area contributed by atoms with Crippen molar-refractivity contribution in [2.75, 3.05) is 0 Å². The zero-order chi connectivity index (χ0) is 15.1. The third-order valence-electron chi connectivity index (χ3n) is 4.52. The predicted molar refractivity (Wildman–Crippen MR) is 96.6 cm³/mol. The fourth-order valence-electron chi connectivity index (χ4n) is 3.29. The maximum absolute atomic E-state index is 2.36. The summed E-state index contributed by atoms with van der Waals surface area (Å²) in [5.41, 5.74) is 4.08. The maximum atomic E-state index is 2.36. The fraction of sp³-hybridized carbons (Fsp3) is 0.136. The standard InChI is InChI=1S/C22H19.2ClH.Zr/c1-15(2)18-13-17-9-6-12-21(22(17)14-18)20-11-5-8-16-7-3-4-10-19(16)20;;;/h3-15H,1-2H3;2*1H;/q-1;;;+3/p-2. The van der Waals surface area contributed by atoms with Crippen molar-refractivity contribution in [1.82, 2.24) is 0 Å². The Morgan fingerprint density at radius 1 is 0.720 bits per heavy atom. The van der Waals surface area contributed by atoms with Gasteiger partial charge in [0, 0.05) is 0 Å². The van der Waals surface area contributed by atoms with Crippen LogP contribution in [0.4, 0.5) is 0 Å². The first kappa shape index (κ1) is 22.0. The second-order valence-electron chi connectivity index (χ2n) is 6.28. The summed E-state index contributed by atoms with van der Waals surface area (Å²) in [6.07, 6.45) is 0. The van der Waals surface area contributed by atoms with Crippen LogP contribution in [0.1, 0.15) is 25.3 Å². The average Bonchev–Trinajstić information content (AvgIpc) is 2.99. The summed E-state index contributed by atoms with van der Waals surface area (Å²) >= 11 is 0. The first-order chi connectivity index (χ1) is 10.7. The zero-order valence-electron chi connectivity index (χ0n) is 14.3. The van der Waals surface area contributed by atoms with Crippen LogP contribution in [0.25, 0.3) is 32.7 Å². The summed E-state index contributed by atoms with van der Waals surface area (Å²) in [6, 6.07) is 26.5. The molecular weight excluding hydrogens is 426 g/mol. The van der Waals surface area contributed by atoms with Gasteiger partial charge in [-0.05, 0) is 22.3 Å². The topological polar surface area (TPSA) is 0 Å². The first-order valence-electron chi connectivity index (χ1n) is 7.91. The third-order valence-corrected chi connectivity index (χ3v) is 4.52. The molecule has 0 aliphatic carbocycles. The number of hydrogen-bond acceptors (Lipinski definition) is 0. The minimum Gasteiger partial charge on any atom is -1.00 e. The Morgan fingerprint density at radius 3 is 2.04 bits per heavy atom. The number of benzene rings is 3. The number of halogens is 2. The van der Waals surface area contributed by atoms with Gasteiger partial charge in [-0.1, -0.05) is 67.9 Å². The van der Waals surface area contributed by atoms with Crippen LogP contribution in [0.5, 0.6) is 0 Å². The summed E-state index contributed by atoms with van der Waals surface area (Å²) in [7, 11) is 0. The molecule has 0 aliphatic rings. The van der Waals surface area contributed by atoms with Crippen molar-refractivity contribution < 1.29 is 51.0 Å². The summed E-state index contributed by atoms with van der Waals surface area (Å²) in [6.45, 7) is 4.51. The molecule has 3 heteroatoms. The van der Waals surface area contributed by atoms with Gasteiger partial charge in [0.05, 0.1) is 0 Å². The molecule has 0 bridgehead atoms. The molecule has 4 aromatic carbocycles. The molecule has 1 radical (unpaired) electrons. The minimum absolute atomic E-state index is 0. The molecule has 0 aliphatic heterocycles. The maximum Gasteiger partial charge on any atom is 3.00 e. The SMILES string of the molecule is CC(C)c1cc2c(-c3cccc4ccccc34)cccc2[cH-]1.[Cl-].[Cl-].[Zr+3]. The Labute approximate surface area is 180 Å². The fourth-order valence-corrected chi connectivity index (χ4v) is 3.29. The van der Waals surface area contributed by atoms with Crippen molar-refractivity contribution in [3.8, 4) is 11.1 Å². The van der Waals surface area contributed by atoms with Crippen molar-refractivity contribution in [3.63, 3.8) is 0 Å². The van der Waals surface area contributed by atoms with Gasteiger partial charge < -0.3 is 24.8 Å². The molecule has 0 heterocycles.